The first-order chi connectivity index (χ1) is 11.2. The zero-order valence-corrected chi connectivity index (χ0v) is 17.8. The predicted molar refractivity (Wildman–Crippen MR) is 92.0 cm³/mol. The molecule has 0 atom stereocenters. The van der Waals surface area contributed by atoms with Gasteiger partial charge in [-0.1, -0.05) is 0 Å². The third-order valence-corrected chi connectivity index (χ3v) is 11.4. The topological polar surface area (TPSA) is 107 Å². The predicted octanol–water partition coefficient (Wildman–Crippen LogP) is 4.33. The maximum absolute atomic E-state index is 13.2. The van der Waals surface area contributed by atoms with E-state index in [4.69, 9.17) is 27.1 Å². The molecule has 0 fully saturated rings. The second-order valence-electron chi connectivity index (χ2n) is 4.39. The molecule has 0 spiro atoms. The van der Waals surface area contributed by atoms with E-state index in [1.807, 2.05) is 0 Å². The van der Waals surface area contributed by atoms with Gasteiger partial charge in [0.1, 0.15) is 0 Å². The molecule has 0 unspecified atom stereocenters. The third-order valence-electron chi connectivity index (χ3n) is 2.91. The first-order valence-electron chi connectivity index (χ1n) is 7.68. The Kier molecular flexibility index (Phi) is 11.4. The van der Waals surface area contributed by atoms with Crippen molar-refractivity contribution in [3.63, 3.8) is 0 Å². The van der Waals surface area contributed by atoms with Crippen LogP contribution in [0.15, 0.2) is 0 Å². The first-order valence-corrected chi connectivity index (χ1v) is 12.6. The summed E-state index contributed by atoms with van der Waals surface area (Å²) < 4.78 is 69.9. The molecule has 0 aromatic heterocycles. The summed E-state index contributed by atoms with van der Waals surface area (Å²) in [5.74, 6) is 0. The maximum Gasteiger partial charge on any atom is 0.346 e. The van der Waals surface area contributed by atoms with Crippen LogP contribution in [0.5, 0.6) is 0 Å². The summed E-state index contributed by atoms with van der Waals surface area (Å²) in [6.45, 7) is 6.60. The van der Waals surface area contributed by atoms with Gasteiger partial charge in [0, 0.05) is 14.2 Å². The normalized spacial score (nSPS) is 13.6. The van der Waals surface area contributed by atoms with Crippen LogP contribution >= 0.6 is 22.8 Å². The zero-order valence-electron chi connectivity index (χ0n) is 15.1. The standard InChI is InChI=1S/C12H29O9P3/c1-7-18-23(14,19-8-2)12(11-22(13,16-5)17-6)24(15,20-9-3)21-10-4/h12H,7-11H2,1-6H3. The monoisotopic (exact) mass is 410 g/mol. The van der Waals surface area contributed by atoms with Crippen LogP contribution in [-0.2, 0) is 40.8 Å². The molecule has 0 rings (SSSR count). The van der Waals surface area contributed by atoms with Crippen LogP contribution in [0.3, 0.4) is 0 Å². The van der Waals surface area contributed by atoms with Gasteiger partial charge in [-0.3, -0.25) is 13.7 Å². The molecule has 0 saturated heterocycles. The average molecular weight is 410 g/mol. The van der Waals surface area contributed by atoms with Crippen LogP contribution in [0.1, 0.15) is 27.7 Å². The molecule has 0 aliphatic heterocycles. The van der Waals surface area contributed by atoms with Crippen molar-refractivity contribution in [1.29, 1.82) is 0 Å². The van der Waals surface area contributed by atoms with E-state index in [2.05, 4.69) is 0 Å². The number of hydrogen-bond acceptors (Lipinski definition) is 9. The van der Waals surface area contributed by atoms with E-state index in [1.165, 1.54) is 14.2 Å². The second-order valence-corrected chi connectivity index (χ2v) is 11.6. The van der Waals surface area contributed by atoms with Gasteiger partial charge < -0.3 is 27.1 Å². The SMILES string of the molecule is CCOP(=O)(OCC)C(CP(=O)(OC)OC)P(=O)(OCC)OCC. The Morgan fingerprint density at radius 2 is 0.958 bits per heavy atom. The van der Waals surface area contributed by atoms with Crippen molar-refractivity contribution in [2.75, 3.05) is 46.8 Å². The Hall–Kier alpha value is 0.450. The molecule has 0 aromatic rings. The fourth-order valence-corrected chi connectivity index (χ4v) is 10.0. The van der Waals surface area contributed by atoms with E-state index >= 15 is 0 Å². The van der Waals surface area contributed by atoms with E-state index < -0.39 is 34.3 Å². The lowest BCUT2D eigenvalue weighted by molar-refractivity contribution is 0.194. The van der Waals surface area contributed by atoms with Crippen molar-refractivity contribution in [2.24, 2.45) is 0 Å². The van der Waals surface area contributed by atoms with Crippen molar-refractivity contribution < 1.29 is 40.8 Å². The smallest absolute Gasteiger partial charge is 0.312 e. The van der Waals surface area contributed by atoms with Crippen LogP contribution in [0.4, 0.5) is 0 Å². The highest BCUT2D eigenvalue weighted by Gasteiger charge is 2.54. The second kappa shape index (κ2) is 11.2. The summed E-state index contributed by atoms with van der Waals surface area (Å²) in [5, 5.41) is -1.43. The van der Waals surface area contributed by atoms with Gasteiger partial charge in [0.05, 0.1) is 32.6 Å². The van der Waals surface area contributed by atoms with Crippen LogP contribution in [0.25, 0.3) is 0 Å². The fourth-order valence-electron chi connectivity index (χ4n) is 1.94. The zero-order chi connectivity index (χ0) is 18.9. The molecule has 9 nitrogen and oxygen atoms in total. The van der Waals surface area contributed by atoms with Gasteiger partial charge >= 0.3 is 22.8 Å². The lowest BCUT2D eigenvalue weighted by atomic mass is 10.9. The van der Waals surface area contributed by atoms with Gasteiger partial charge in [0.25, 0.3) is 0 Å². The molecule has 0 aliphatic carbocycles. The molecule has 24 heavy (non-hydrogen) atoms. The van der Waals surface area contributed by atoms with E-state index in [9.17, 15) is 13.7 Å². The van der Waals surface area contributed by atoms with Gasteiger partial charge in [-0.05, 0) is 27.7 Å². The molecule has 0 N–H and O–H groups in total. The number of rotatable bonds is 14. The summed E-state index contributed by atoms with van der Waals surface area (Å²) in [4.78, 5) is 0. The van der Waals surface area contributed by atoms with Gasteiger partial charge in [0.15, 0.2) is 5.40 Å². The van der Waals surface area contributed by atoms with E-state index in [0.717, 1.165) is 0 Å². The minimum Gasteiger partial charge on any atom is -0.312 e. The molecule has 12 heteroatoms. The third kappa shape index (κ3) is 6.64. The van der Waals surface area contributed by atoms with Crippen molar-refractivity contribution in [2.45, 2.75) is 33.1 Å². The summed E-state index contributed by atoms with van der Waals surface area (Å²) in [6.07, 6.45) is -0.492. The lowest BCUT2D eigenvalue weighted by Crippen LogP contribution is -2.22. The molecule has 0 amide bonds. The van der Waals surface area contributed by atoms with Crippen LogP contribution in [0.2, 0.25) is 0 Å². The highest BCUT2D eigenvalue weighted by Crippen LogP contribution is 2.73. The van der Waals surface area contributed by atoms with Gasteiger partial charge in [0.2, 0.25) is 0 Å². The van der Waals surface area contributed by atoms with Crippen molar-refractivity contribution in [3.8, 4) is 0 Å². The van der Waals surface area contributed by atoms with Crippen molar-refractivity contribution in [3.05, 3.63) is 0 Å². The first kappa shape index (κ1) is 24.5. The van der Waals surface area contributed by atoms with E-state index in [1.54, 1.807) is 27.7 Å². The Balaban J connectivity index is 6.10. The minimum absolute atomic E-state index is 0.0380. The Labute approximate surface area is 144 Å². The molecular formula is C12H29O9P3. The summed E-state index contributed by atoms with van der Waals surface area (Å²) in [5.41, 5.74) is 0. The Morgan fingerprint density at radius 1 is 0.667 bits per heavy atom. The van der Waals surface area contributed by atoms with Gasteiger partial charge in [-0.2, -0.15) is 0 Å². The van der Waals surface area contributed by atoms with Gasteiger partial charge in [-0.25, -0.2) is 0 Å². The molecule has 0 aliphatic rings. The molecule has 0 bridgehead atoms. The minimum atomic E-state index is -3.98. The van der Waals surface area contributed by atoms with Crippen molar-refractivity contribution in [1.82, 2.24) is 0 Å². The average Bonchev–Trinajstić information content (AvgIpc) is 2.53. The Morgan fingerprint density at radius 3 is 1.17 bits per heavy atom. The fraction of sp³-hybridized carbons (Fsp3) is 1.00. The van der Waals surface area contributed by atoms with Crippen molar-refractivity contribution >= 4 is 22.8 Å². The largest absolute Gasteiger partial charge is 0.346 e. The van der Waals surface area contributed by atoms with Gasteiger partial charge in [-0.15, -0.1) is 0 Å². The van der Waals surface area contributed by atoms with E-state index in [-0.39, 0.29) is 26.4 Å². The summed E-state index contributed by atoms with van der Waals surface area (Å²) in [7, 11) is -9.29. The number of hydrogen-bond donors (Lipinski definition) is 0. The Bertz CT molecular complexity index is 438. The van der Waals surface area contributed by atoms with Crippen LogP contribution in [0, 0.1) is 0 Å². The molecule has 0 radical (unpaired) electrons. The molecule has 0 heterocycles. The lowest BCUT2D eigenvalue weighted by Gasteiger charge is -2.32. The molecule has 0 aromatic carbocycles. The van der Waals surface area contributed by atoms with E-state index in [0.29, 0.717) is 0 Å². The summed E-state index contributed by atoms with van der Waals surface area (Å²) >= 11 is 0. The quantitative estimate of drug-likeness (QED) is 0.387. The summed E-state index contributed by atoms with van der Waals surface area (Å²) in [6, 6.07) is 0. The molecular weight excluding hydrogens is 381 g/mol. The maximum atomic E-state index is 13.2. The van der Waals surface area contributed by atoms with Crippen LogP contribution < -0.4 is 0 Å². The molecule has 0 saturated carbocycles. The highest BCUT2D eigenvalue weighted by atomic mass is 31.2. The molecule has 146 valence electrons. The van der Waals surface area contributed by atoms with Crippen LogP contribution in [-0.4, -0.2) is 52.2 Å². The highest BCUT2D eigenvalue weighted by molar-refractivity contribution is 7.74.